The van der Waals surface area contributed by atoms with Crippen molar-refractivity contribution in [3.8, 4) is 0 Å². The van der Waals surface area contributed by atoms with Gasteiger partial charge < -0.3 is 0 Å². The minimum Gasteiger partial charge on any atom is -0.134 e. The second-order valence-electron chi connectivity index (χ2n) is 6.27. The summed E-state index contributed by atoms with van der Waals surface area (Å²) >= 11 is 1.86. The topological polar surface area (TPSA) is 0 Å². The summed E-state index contributed by atoms with van der Waals surface area (Å²) in [5.41, 5.74) is 5.24. The average Bonchev–Trinajstić information content (AvgIpc) is 2.60. The molecule has 0 fully saturated rings. The Hall–Kier alpha value is -1.47. The van der Waals surface area contributed by atoms with Crippen molar-refractivity contribution in [3.63, 3.8) is 0 Å². The van der Waals surface area contributed by atoms with Crippen LogP contribution in [0.3, 0.4) is 0 Å². The van der Waals surface area contributed by atoms with Gasteiger partial charge in [0.1, 0.15) is 0 Å². The van der Waals surface area contributed by atoms with Gasteiger partial charge in [0.15, 0.2) is 0 Å². The molecule has 0 radical (unpaired) electrons. The summed E-state index contributed by atoms with van der Waals surface area (Å²) in [6, 6.07) is 8.75. The molecule has 0 bridgehead atoms. The Bertz CT molecular complexity index is 526. The van der Waals surface area contributed by atoms with Crippen molar-refractivity contribution in [2.45, 2.75) is 67.7 Å². The number of thioether (sulfide) groups is 1. The van der Waals surface area contributed by atoms with Gasteiger partial charge in [-0.25, -0.2) is 0 Å². The third-order valence-electron chi connectivity index (χ3n) is 2.97. The lowest BCUT2D eigenvalue weighted by Gasteiger charge is -2.03. The molecule has 0 aliphatic heterocycles. The molecule has 1 rings (SSSR count). The Morgan fingerprint density at radius 2 is 1.62 bits per heavy atom. The molecule has 1 aromatic carbocycles. The highest BCUT2D eigenvalue weighted by molar-refractivity contribution is 8.02. The van der Waals surface area contributed by atoms with Gasteiger partial charge >= 0.3 is 0 Å². The van der Waals surface area contributed by atoms with E-state index >= 15 is 0 Å². The molecule has 0 aromatic heterocycles. The normalized spacial score (nSPS) is 10.3. The molecule has 26 heavy (non-hydrogen) atoms. The van der Waals surface area contributed by atoms with Gasteiger partial charge in [-0.3, -0.25) is 0 Å². The molecule has 0 aliphatic rings. The number of aryl methyl sites for hydroxylation is 1. The van der Waals surface area contributed by atoms with Crippen LogP contribution in [-0.4, -0.2) is 5.75 Å². The fourth-order valence-electron chi connectivity index (χ4n) is 1.74. The number of hydrogen-bond donors (Lipinski definition) is 0. The maximum atomic E-state index is 3.52. The van der Waals surface area contributed by atoms with E-state index in [1.54, 1.807) is 6.08 Å². The maximum absolute atomic E-state index is 3.52. The van der Waals surface area contributed by atoms with Crippen molar-refractivity contribution in [3.05, 3.63) is 77.3 Å². The molecule has 1 heteroatoms. The minimum atomic E-state index is 1.12. The van der Waals surface area contributed by atoms with E-state index in [1.165, 1.54) is 35.1 Å². The summed E-state index contributed by atoms with van der Waals surface area (Å²) in [5.74, 6) is 1.12. The Balaban J connectivity index is 0. The van der Waals surface area contributed by atoms with E-state index in [4.69, 9.17) is 0 Å². The Labute approximate surface area is 168 Å². The number of unbranched alkanes of at least 4 members (excludes halogenated alkanes) is 1. The van der Waals surface area contributed by atoms with Crippen molar-refractivity contribution in [1.29, 1.82) is 0 Å². The van der Waals surface area contributed by atoms with Gasteiger partial charge in [-0.1, -0.05) is 107 Å². The first-order valence-corrected chi connectivity index (χ1v) is 10.8. The van der Waals surface area contributed by atoms with Gasteiger partial charge in [-0.2, -0.15) is 0 Å². The zero-order valence-corrected chi connectivity index (χ0v) is 19.0. The van der Waals surface area contributed by atoms with E-state index in [9.17, 15) is 0 Å². The smallest absolute Gasteiger partial charge is 0.00542 e. The first kappa shape index (κ1) is 26.8. The molecule has 0 unspecified atom stereocenters. The predicted octanol–water partition coefficient (Wildman–Crippen LogP) is 9.00. The van der Waals surface area contributed by atoms with Crippen LogP contribution in [0.15, 0.2) is 66.1 Å². The number of allylic oxidation sites excluding steroid dienone is 6. The summed E-state index contributed by atoms with van der Waals surface area (Å²) in [6.07, 6.45) is 11.9. The quantitative estimate of drug-likeness (QED) is 0.430. The molecular formula is C25H40S. The lowest BCUT2D eigenvalue weighted by molar-refractivity contribution is 0.959. The fraction of sp³-hybridized carbons (Fsp3) is 0.440. The van der Waals surface area contributed by atoms with Crippen LogP contribution in [0.2, 0.25) is 0 Å². The summed E-state index contributed by atoms with van der Waals surface area (Å²) in [5, 5.41) is 2.26. The highest BCUT2D eigenvalue weighted by Crippen LogP contribution is 2.21. The van der Waals surface area contributed by atoms with Crippen LogP contribution < -0.4 is 0 Å². The average molecular weight is 373 g/mol. The van der Waals surface area contributed by atoms with Gasteiger partial charge in [0, 0.05) is 0 Å². The Morgan fingerprint density at radius 1 is 1.04 bits per heavy atom. The van der Waals surface area contributed by atoms with Gasteiger partial charge in [0.2, 0.25) is 0 Å². The van der Waals surface area contributed by atoms with Crippen molar-refractivity contribution in [2.75, 3.05) is 5.75 Å². The van der Waals surface area contributed by atoms with E-state index in [0.717, 1.165) is 12.2 Å². The van der Waals surface area contributed by atoms with Crippen LogP contribution in [0.5, 0.6) is 0 Å². The predicted molar refractivity (Wildman–Crippen MR) is 127 cm³/mol. The molecule has 1 aromatic rings. The fourth-order valence-corrected chi connectivity index (χ4v) is 2.30. The first-order chi connectivity index (χ1) is 12.5. The van der Waals surface area contributed by atoms with Crippen LogP contribution in [-0.2, 0) is 0 Å². The van der Waals surface area contributed by atoms with E-state index in [0.29, 0.717) is 0 Å². The van der Waals surface area contributed by atoms with Crippen molar-refractivity contribution in [1.82, 2.24) is 0 Å². The molecule has 0 nitrogen and oxygen atoms in total. The monoisotopic (exact) mass is 372 g/mol. The molecular weight excluding hydrogens is 332 g/mol. The van der Waals surface area contributed by atoms with Crippen molar-refractivity contribution >= 4 is 17.3 Å². The summed E-state index contributed by atoms with van der Waals surface area (Å²) < 4.78 is 0. The highest BCUT2D eigenvalue weighted by Gasteiger charge is 1.97. The van der Waals surface area contributed by atoms with Crippen LogP contribution in [0, 0.1) is 6.92 Å². The third-order valence-corrected chi connectivity index (χ3v) is 3.72. The Kier molecular flexibility index (Phi) is 20.4. The molecule has 0 saturated carbocycles. The molecule has 0 heterocycles. The van der Waals surface area contributed by atoms with Crippen LogP contribution in [0.1, 0.15) is 71.9 Å². The highest BCUT2D eigenvalue weighted by atomic mass is 32.2. The van der Waals surface area contributed by atoms with Crippen LogP contribution >= 0.6 is 11.8 Å². The van der Waals surface area contributed by atoms with Gasteiger partial charge in [0.05, 0.1) is 0 Å². The lowest BCUT2D eigenvalue weighted by Crippen LogP contribution is -1.81. The molecule has 0 N–H and O–H groups in total. The zero-order valence-electron chi connectivity index (χ0n) is 18.1. The van der Waals surface area contributed by atoms with Gasteiger partial charge in [-0.05, 0) is 49.5 Å². The second-order valence-corrected chi connectivity index (χ2v) is 7.42. The third kappa shape index (κ3) is 17.4. The van der Waals surface area contributed by atoms with Crippen molar-refractivity contribution in [2.24, 2.45) is 0 Å². The van der Waals surface area contributed by atoms with E-state index < -0.39 is 0 Å². The molecule has 0 spiro atoms. The molecule has 146 valence electrons. The summed E-state index contributed by atoms with van der Waals surface area (Å²) in [6.45, 7) is 18.4. The molecule has 0 saturated heterocycles. The van der Waals surface area contributed by atoms with Crippen LogP contribution in [0.4, 0.5) is 0 Å². The van der Waals surface area contributed by atoms with E-state index in [1.807, 2.05) is 31.7 Å². The molecule has 0 atom stereocenters. The van der Waals surface area contributed by atoms with E-state index in [-0.39, 0.29) is 0 Å². The summed E-state index contributed by atoms with van der Waals surface area (Å²) in [7, 11) is 0. The lowest BCUT2D eigenvalue weighted by atomic mass is 10.1. The first-order valence-electron chi connectivity index (χ1n) is 9.77. The van der Waals surface area contributed by atoms with Crippen LogP contribution in [0.25, 0.3) is 5.57 Å². The van der Waals surface area contributed by atoms with E-state index in [2.05, 4.69) is 83.0 Å². The summed E-state index contributed by atoms with van der Waals surface area (Å²) in [4.78, 5) is 0. The number of benzene rings is 1. The maximum Gasteiger partial charge on any atom is -0.00542 e. The molecule has 0 amide bonds. The van der Waals surface area contributed by atoms with Gasteiger partial charge in [-0.15, -0.1) is 11.8 Å². The van der Waals surface area contributed by atoms with Crippen molar-refractivity contribution < 1.29 is 0 Å². The van der Waals surface area contributed by atoms with Gasteiger partial charge in [0.25, 0.3) is 0 Å². The largest absolute Gasteiger partial charge is 0.134 e. The SMILES string of the molecule is C=CC=C(C)C.CCC.CCC/C=C\C(=C/SCC)c1ccc(C)cc1. The number of rotatable bonds is 7. The zero-order chi connectivity index (χ0) is 20.2. The Morgan fingerprint density at radius 3 is 2.00 bits per heavy atom. The number of hydrogen-bond acceptors (Lipinski definition) is 1. The second kappa shape index (κ2) is 19.8. The molecule has 0 aliphatic carbocycles. The minimum absolute atomic E-state index is 1.12. The standard InChI is InChI=1S/C16H22S.C6H10.C3H8/c1-4-6-7-8-16(13-17-5-2)15-11-9-14(3)10-12-15;1-4-5-6(2)3;1-3-2/h7-13H,4-6H2,1-3H3;4-5H,1H2,2-3H3;3H2,1-2H3/b8-7-,16-13+;;.